The summed E-state index contributed by atoms with van der Waals surface area (Å²) in [6.45, 7) is 0. The molecule has 0 unspecified atom stereocenters. The van der Waals surface area contributed by atoms with Gasteiger partial charge in [-0.15, -0.1) is 0 Å². The highest BCUT2D eigenvalue weighted by molar-refractivity contribution is 6.38. The molecule has 1 aliphatic rings. The fourth-order valence-electron chi connectivity index (χ4n) is 4.79. The van der Waals surface area contributed by atoms with Gasteiger partial charge >= 0.3 is 0 Å². The number of carbonyl (C=O) groups excluding carboxylic acids is 2. The Labute approximate surface area is 199 Å². The molecule has 0 N–H and O–H groups in total. The summed E-state index contributed by atoms with van der Waals surface area (Å²) in [5.74, 6) is -0.910. The third-order valence-corrected chi connectivity index (χ3v) is 6.29. The van der Waals surface area contributed by atoms with E-state index >= 15 is 0 Å². The summed E-state index contributed by atoms with van der Waals surface area (Å²) in [6.07, 6.45) is 1.49. The Hall–Kier alpha value is -5.81. The molecule has 0 atom stereocenters. The average Bonchev–Trinajstić information content (AvgIpc) is 3.29. The van der Waals surface area contributed by atoms with E-state index in [-0.39, 0.29) is 50.7 Å². The fourth-order valence-corrected chi connectivity index (χ4v) is 4.79. The van der Waals surface area contributed by atoms with Gasteiger partial charge in [0.15, 0.2) is 28.3 Å². The highest BCUT2D eigenvalue weighted by Crippen LogP contribution is 2.38. The van der Waals surface area contributed by atoms with E-state index in [1.165, 1.54) is 22.7 Å². The second-order valence-corrected chi connectivity index (χ2v) is 8.07. The molecule has 2 amide bonds. The van der Waals surface area contributed by atoms with Gasteiger partial charge in [-0.25, -0.2) is 29.2 Å². The number of benzene rings is 2. The van der Waals surface area contributed by atoms with Crippen molar-refractivity contribution in [2.45, 2.75) is 0 Å². The standard InChI is InChI=1S/C25H8N8O3/c26-9-15-16(10-27)30-22-20(29-15)31-21-11-4-5-13-19-14(7-6-12(18(11)19)25(36)33(21)22)24(35)32(23(13)34)17-3-1-2-8-28-17/h1-8H. The first-order valence-electron chi connectivity index (χ1n) is 10.6. The molecule has 1 aliphatic heterocycles. The molecule has 7 rings (SSSR count). The topological polar surface area (TPSA) is 158 Å². The summed E-state index contributed by atoms with van der Waals surface area (Å²) in [5.41, 5.74) is -0.157. The van der Waals surface area contributed by atoms with Crippen LogP contribution in [0.4, 0.5) is 5.82 Å². The Morgan fingerprint density at radius 1 is 0.722 bits per heavy atom. The maximum atomic E-state index is 13.6. The van der Waals surface area contributed by atoms with Crippen molar-refractivity contribution in [3.8, 4) is 12.1 Å². The zero-order valence-corrected chi connectivity index (χ0v) is 17.9. The molecule has 5 heterocycles. The molecule has 0 fully saturated rings. The predicted octanol–water partition coefficient (Wildman–Crippen LogP) is 2.32. The first kappa shape index (κ1) is 19.6. The number of nitrogens with zero attached hydrogens (tertiary/aromatic N) is 8. The third-order valence-electron chi connectivity index (χ3n) is 6.29. The van der Waals surface area contributed by atoms with Crippen molar-refractivity contribution < 1.29 is 9.59 Å². The van der Waals surface area contributed by atoms with Crippen molar-refractivity contribution in [2.24, 2.45) is 0 Å². The van der Waals surface area contributed by atoms with Gasteiger partial charge in [0.1, 0.15) is 18.0 Å². The number of carbonyl (C=O) groups is 2. The van der Waals surface area contributed by atoms with Crippen LogP contribution in [-0.2, 0) is 0 Å². The summed E-state index contributed by atoms with van der Waals surface area (Å²) < 4.78 is 1.23. The normalized spacial score (nSPS) is 13.1. The largest absolute Gasteiger partial charge is 0.268 e. The van der Waals surface area contributed by atoms with Crippen LogP contribution in [0.2, 0.25) is 0 Å². The molecule has 0 bridgehead atoms. The van der Waals surface area contributed by atoms with Crippen LogP contribution in [0.1, 0.15) is 32.1 Å². The Morgan fingerprint density at radius 2 is 1.42 bits per heavy atom. The Morgan fingerprint density at radius 3 is 2.08 bits per heavy atom. The van der Waals surface area contributed by atoms with Gasteiger partial charge in [-0.1, -0.05) is 6.07 Å². The molecule has 0 saturated carbocycles. The lowest BCUT2D eigenvalue weighted by molar-refractivity contribution is 0.0892. The molecular formula is C25H8N8O3. The molecule has 11 heteroatoms. The van der Waals surface area contributed by atoms with Gasteiger partial charge in [-0.05, 0) is 36.4 Å². The van der Waals surface area contributed by atoms with Crippen LogP contribution >= 0.6 is 0 Å². The Bertz CT molecular complexity index is 2120. The van der Waals surface area contributed by atoms with Crippen LogP contribution in [0.15, 0.2) is 53.5 Å². The summed E-state index contributed by atoms with van der Waals surface area (Å²) in [6, 6.07) is 14.8. The van der Waals surface area contributed by atoms with Crippen LogP contribution in [0, 0.1) is 22.7 Å². The molecule has 6 aromatic rings. The second kappa shape index (κ2) is 6.62. The minimum Gasteiger partial charge on any atom is -0.268 e. The number of pyridine rings is 2. The van der Waals surface area contributed by atoms with E-state index < -0.39 is 17.4 Å². The molecule has 11 nitrogen and oxygen atoms in total. The predicted molar refractivity (Wildman–Crippen MR) is 126 cm³/mol. The summed E-state index contributed by atoms with van der Waals surface area (Å²) >= 11 is 0. The number of hydrogen-bond donors (Lipinski definition) is 0. The van der Waals surface area contributed by atoms with Crippen LogP contribution in [0.3, 0.4) is 0 Å². The average molecular weight is 468 g/mol. The smallest absolute Gasteiger partial charge is 0.267 e. The monoisotopic (exact) mass is 468 g/mol. The van der Waals surface area contributed by atoms with Gasteiger partial charge in [0.25, 0.3) is 17.4 Å². The van der Waals surface area contributed by atoms with Gasteiger partial charge in [0, 0.05) is 38.9 Å². The highest BCUT2D eigenvalue weighted by atomic mass is 16.2. The number of anilines is 1. The first-order chi connectivity index (χ1) is 17.5. The quantitative estimate of drug-likeness (QED) is 0.330. The molecule has 0 saturated heterocycles. The summed E-state index contributed by atoms with van der Waals surface area (Å²) in [4.78, 5) is 58.4. The SMILES string of the molecule is N#Cc1nc2nc3c4ccc5c6c(ccc(c(=O)n3c2nc1C#N)c64)C(=O)N(c1ccccn1)C5=O. The van der Waals surface area contributed by atoms with E-state index in [4.69, 9.17) is 0 Å². The number of imide groups is 1. The first-order valence-corrected chi connectivity index (χ1v) is 10.6. The highest BCUT2D eigenvalue weighted by Gasteiger charge is 2.36. The minimum atomic E-state index is -0.554. The van der Waals surface area contributed by atoms with Crippen molar-refractivity contribution in [2.75, 3.05) is 4.90 Å². The van der Waals surface area contributed by atoms with E-state index in [1.807, 2.05) is 12.1 Å². The van der Waals surface area contributed by atoms with E-state index in [2.05, 4.69) is 19.9 Å². The maximum Gasteiger partial charge on any atom is 0.267 e. The van der Waals surface area contributed by atoms with Crippen molar-refractivity contribution in [1.29, 1.82) is 10.5 Å². The van der Waals surface area contributed by atoms with Gasteiger partial charge < -0.3 is 0 Å². The van der Waals surface area contributed by atoms with Gasteiger partial charge in [-0.3, -0.25) is 14.4 Å². The minimum absolute atomic E-state index is 0.0275. The van der Waals surface area contributed by atoms with Gasteiger partial charge in [-0.2, -0.15) is 10.5 Å². The number of amides is 2. The van der Waals surface area contributed by atoms with Crippen LogP contribution < -0.4 is 10.5 Å². The Balaban J connectivity index is 1.62. The number of rotatable bonds is 1. The van der Waals surface area contributed by atoms with Gasteiger partial charge in [0.05, 0.1) is 0 Å². The number of fused-ring (bicyclic) bond motifs is 4. The zero-order chi connectivity index (χ0) is 24.7. The van der Waals surface area contributed by atoms with E-state index in [1.54, 1.807) is 30.3 Å². The number of aromatic nitrogens is 5. The van der Waals surface area contributed by atoms with Crippen LogP contribution in [0.25, 0.3) is 38.5 Å². The zero-order valence-electron chi connectivity index (χ0n) is 17.9. The lowest BCUT2D eigenvalue weighted by atomic mass is 9.90. The van der Waals surface area contributed by atoms with Gasteiger partial charge in [0.2, 0.25) is 0 Å². The summed E-state index contributed by atoms with van der Waals surface area (Å²) in [5, 5.41) is 20.2. The Kier molecular flexibility index (Phi) is 3.61. The number of imidazole rings is 1. The van der Waals surface area contributed by atoms with Crippen molar-refractivity contribution in [1.82, 2.24) is 24.3 Å². The molecule has 4 aromatic heterocycles. The molecule has 0 aliphatic carbocycles. The summed E-state index contributed by atoms with van der Waals surface area (Å²) in [7, 11) is 0. The van der Waals surface area contributed by atoms with Crippen molar-refractivity contribution >= 4 is 56.1 Å². The maximum absolute atomic E-state index is 13.6. The fraction of sp³-hybridized carbons (Fsp3) is 0. The molecular weight excluding hydrogens is 460 g/mol. The molecule has 36 heavy (non-hydrogen) atoms. The molecule has 2 aromatic carbocycles. The lowest BCUT2D eigenvalue weighted by Crippen LogP contribution is -2.41. The van der Waals surface area contributed by atoms with Crippen LogP contribution in [-0.4, -0.2) is 36.2 Å². The third kappa shape index (κ3) is 2.25. The van der Waals surface area contributed by atoms with Crippen LogP contribution in [0.5, 0.6) is 0 Å². The van der Waals surface area contributed by atoms with E-state index in [0.29, 0.717) is 16.2 Å². The number of hydrogen-bond acceptors (Lipinski definition) is 9. The molecule has 166 valence electrons. The number of nitriles is 2. The van der Waals surface area contributed by atoms with E-state index in [9.17, 15) is 24.9 Å². The second-order valence-electron chi connectivity index (χ2n) is 8.07. The van der Waals surface area contributed by atoms with Crippen molar-refractivity contribution in [3.63, 3.8) is 0 Å². The molecule has 0 spiro atoms. The van der Waals surface area contributed by atoms with Crippen molar-refractivity contribution in [3.05, 3.63) is 81.5 Å². The van der Waals surface area contributed by atoms with E-state index in [0.717, 1.165) is 4.90 Å². The molecule has 0 radical (unpaired) electrons. The lowest BCUT2D eigenvalue weighted by Gasteiger charge is -2.27.